The van der Waals surface area contributed by atoms with Gasteiger partial charge < -0.3 is 5.32 Å². The SMILES string of the molecule is CCc1c(C)nc2n(c1=O)C(CC(=O)NCCc1ccc(S(N)(=O)=O)cc1)CS2. The molecular formula is C19H24N4O4S2. The van der Waals surface area contributed by atoms with Crippen molar-refractivity contribution < 1.29 is 13.2 Å². The first-order chi connectivity index (χ1) is 13.7. The van der Waals surface area contributed by atoms with Gasteiger partial charge in [0.15, 0.2) is 5.16 Å². The van der Waals surface area contributed by atoms with Crippen LogP contribution in [-0.4, -0.2) is 36.2 Å². The molecule has 1 aromatic heterocycles. The highest BCUT2D eigenvalue weighted by Gasteiger charge is 2.28. The van der Waals surface area contributed by atoms with Crippen molar-refractivity contribution in [3.8, 4) is 0 Å². The van der Waals surface area contributed by atoms with Gasteiger partial charge in [0.1, 0.15) is 0 Å². The summed E-state index contributed by atoms with van der Waals surface area (Å²) in [6.45, 7) is 4.19. The Hall–Kier alpha value is -2.17. The topological polar surface area (TPSA) is 124 Å². The molecule has 0 aliphatic carbocycles. The van der Waals surface area contributed by atoms with E-state index in [1.54, 1.807) is 16.7 Å². The molecule has 1 atom stereocenters. The fourth-order valence-corrected chi connectivity index (χ4v) is 5.05. The van der Waals surface area contributed by atoms with Gasteiger partial charge in [0.2, 0.25) is 15.9 Å². The summed E-state index contributed by atoms with van der Waals surface area (Å²) in [5.74, 6) is 0.521. The molecule has 29 heavy (non-hydrogen) atoms. The molecule has 1 aromatic carbocycles. The summed E-state index contributed by atoms with van der Waals surface area (Å²) in [6, 6.07) is 6.05. The number of nitrogens with one attached hydrogen (secondary N) is 1. The minimum Gasteiger partial charge on any atom is -0.356 e. The fourth-order valence-electron chi connectivity index (χ4n) is 3.36. The number of rotatable bonds is 7. The van der Waals surface area contributed by atoms with Crippen molar-refractivity contribution in [3.63, 3.8) is 0 Å². The number of sulfonamides is 1. The van der Waals surface area contributed by atoms with Gasteiger partial charge in [-0.15, -0.1) is 0 Å². The van der Waals surface area contributed by atoms with Crippen molar-refractivity contribution in [2.75, 3.05) is 12.3 Å². The van der Waals surface area contributed by atoms with Crippen LogP contribution in [0.5, 0.6) is 0 Å². The minimum atomic E-state index is -3.71. The number of primary sulfonamides is 1. The summed E-state index contributed by atoms with van der Waals surface area (Å²) in [6.07, 6.45) is 1.40. The molecule has 2 aromatic rings. The number of nitrogens with two attached hydrogens (primary N) is 1. The summed E-state index contributed by atoms with van der Waals surface area (Å²) >= 11 is 1.50. The number of nitrogens with zero attached hydrogens (tertiary/aromatic N) is 2. The van der Waals surface area contributed by atoms with Gasteiger partial charge in [-0.1, -0.05) is 30.8 Å². The van der Waals surface area contributed by atoms with Crippen LogP contribution in [0.2, 0.25) is 0 Å². The predicted octanol–water partition coefficient (Wildman–Crippen LogP) is 1.16. The van der Waals surface area contributed by atoms with Crippen LogP contribution in [-0.2, 0) is 27.7 Å². The first-order valence-electron chi connectivity index (χ1n) is 9.34. The van der Waals surface area contributed by atoms with Crippen LogP contribution >= 0.6 is 11.8 Å². The lowest BCUT2D eigenvalue weighted by atomic mass is 10.1. The molecule has 0 saturated heterocycles. The molecule has 0 spiro atoms. The first-order valence-corrected chi connectivity index (χ1v) is 11.9. The van der Waals surface area contributed by atoms with E-state index in [0.29, 0.717) is 35.9 Å². The molecule has 1 unspecified atom stereocenters. The Balaban J connectivity index is 1.57. The molecule has 3 N–H and O–H groups in total. The number of hydrogen-bond donors (Lipinski definition) is 2. The zero-order chi connectivity index (χ0) is 21.2. The standard InChI is InChI=1S/C19H24N4O4S2/c1-3-16-12(2)22-19-23(18(16)25)14(11-28-19)10-17(24)21-9-8-13-4-6-15(7-5-13)29(20,26)27/h4-7,14H,3,8-11H2,1-2H3,(H,21,24)(H2,20,26,27). The second-order valence-corrected chi connectivity index (χ2v) is 9.49. The Kier molecular flexibility index (Phi) is 6.45. The lowest BCUT2D eigenvalue weighted by Gasteiger charge is -2.15. The van der Waals surface area contributed by atoms with E-state index >= 15 is 0 Å². The average Bonchev–Trinajstić information content (AvgIpc) is 3.04. The molecule has 1 aliphatic heterocycles. The summed E-state index contributed by atoms with van der Waals surface area (Å²) in [7, 11) is -3.71. The van der Waals surface area contributed by atoms with Crippen LogP contribution in [0.4, 0.5) is 0 Å². The lowest BCUT2D eigenvalue weighted by Crippen LogP contribution is -2.33. The maximum Gasteiger partial charge on any atom is 0.257 e. The van der Waals surface area contributed by atoms with Crippen LogP contribution in [0.15, 0.2) is 39.1 Å². The van der Waals surface area contributed by atoms with Gasteiger partial charge in [0.25, 0.3) is 5.56 Å². The van der Waals surface area contributed by atoms with Gasteiger partial charge in [-0.3, -0.25) is 14.2 Å². The molecule has 0 bridgehead atoms. The molecule has 0 radical (unpaired) electrons. The highest BCUT2D eigenvalue weighted by molar-refractivity contribution is 7.99. The van der Waals surface area contributed by atoms with Crippen LogP contribution in [0.25, 0.3) is 0 Å². The minimum absolute atomic E-state index is 0.0484. The first kappa shape index (κ1) is 21.5. The van der Waals surface area contributed by atoms with E-state index in [0.717, 1.165) is 11.3 Å². The zero-order valence-corrected chi connectivity index (χ0v) is 18.0. The second kappa shape index (κ2) is 8.68. The number of aryl methyl sites for hydroxylation is 1. The van der Waals surface area contributed by atoms with E-state index in [1.165, 1.54) is 23.9 Å². The fraction of sp³-hybridized carbons (Fsp3) is 0.421. The molecule has 8 nitrogen and oxygen atoms in total. The van der Waals surface area contributed by atoms with E-state index in [9.17, 15) is 18.0 Å². The molecular weight excluding hydrogens is 412 g/mol. The van der Waals surface area contributed by atoms with E-state index < -0.39 is 10.0 Å². The highest BCUT2D eigenvalue weighted by atomic mass is 32.2. The van der Waals surface area contributed by atoms with Gasteiger partial charge in [0.05, 0.1) is 10.9 Å². The van der Waals surface area contributed by atoms with Gasteiger partial charge in [0, 0.05) is 30.0 Å². The number of benzene rings is 1. The number of amides is 1. The monoisotopic (exact) mass is 436 g/mol. The van der Waals surface area contributed by atoms with Crippen molar-refractivity contribution in [3.05, 3.63) is 51.4 Å². The molecule has 2 heterocycles. The summed E-state index contributed by atoms with van der Waals surface area (Å²) in [5, 5.41) is 8.62. The molecule has 1 aliphatic rings. The lowest BCUT2D eigenvalue weighted by molar-refractivity contribution is -0.121. The number of carbonyl (C=O) groups is 1. The largest absolute Gasteiger partial charge is 0.356 e. The Bertz CT molecular complexity index is 1080. The van der Waals surface area contributed by atoms with Crippen molar-refractivity contribution in [2.24, 2.45) is 5.14 Å². The van der Waals surface area contributed by atoms with Gasteiger partial charge >= 0.3 is 0 Å². The smallest absolute Gasteiger partial charge is 0.257 e. The van der Waals surface area contributed by atoms with Gasteiger partial charge in [-0.2, -0.15) is 0 Å². The van der Waals surface area contributed by atoms with Gasteiger partial charge in [-0.05, 0) is 37.5 Å². The summed E-state index contributed by atoms with van der Waals surface area (Å²) in [5.41, 5.74) is 2.30. The Morgan fingerprint density at radius 2 is 2.03 bits per heavy atom. The summed E-state index contributed by atoms with van der Waals surface area (Å²) < 4.78 is 24.2. The predicted molar refractivity (Wildman–Crippen MR) is 112 cm³/mol. The Morgan fingerprint density at radius 1 is 1.34 bits per heavy atom. The van der Waals surface area contributed by atoms with Crippen molar-refractivity contribution >= 4 is 27.7 Å². The Labute approximate surface area is 174 Å². The third kappa shape index (κ3) is 4.88. The molecule has 0 saturated carbocycles. The summed E-state index contributed by atoms with van der Waals surface area (Å²) in [4.78, 5) is 29.7. The normalized spacial score (nSPS) is 15.9. The molecule has 0 fully saturated rings. The third-order valence-electron chi connectivity index (χ3n) is 4.92. The maximum atomic E-state index is 12.7. The number of fused-ring (bicyclic) bond motifs is 1. The Morgan fingerprint density at radius 3 is 2.66 bits per heavy atom. The van der Waals surface area contributed by atoms with E-state index in [1.807, 2.05) is 13.8 Å². The molecule has 156 valence electrons. The maximum absolute atomic E-state index is 12.7. The molecule has 1 amide bonds. The number of thioether (sulfide) groups is 1. The quantitative estimate of drug-likeness (QED) is 0.628. The van der Waals surface area contributed by atoms with Crippen LogP contribution < -0.4 is 16.0 Å². The van der Waals surface area contributed by atoms with E-state index in [4.69, 9.17) is 5.14 Å². The van der Waals surface area contributed by atoms with E-state index in [2.05, 4.69) is 10.3 Å². The van der Waals surface area contributed by atoms with Crippen molar-refractivity contribution in [1.29, 1.82) is 0 Å². The van der Waals surface area contributed by atoms with Crippen LogP contribution in [0.1, 0.15) is 36.2 Å². The second-order valence-electron chi connectivity index (χ2n) is 6.94. The zero-order valence-electron chi connectivity index (χ0n) is 16.3. The highest BCUT2D eigenvalue weighted by Crippen LogP contribution is 2.32. The number of hydrogen-bond acceptors (Lipinski definition) is 6. The average molecular weight is 437 g/mol. The van der Waals surface area contributed by atoms with Crippen molar-refractivity contribution in [1.82, 2.24) is 14.9 Å². The van der Waals surface area contributed by atoms with E-state index in [-0.39, 0.29) is 28.8 Å². The van der Waals surface area contributed by atoms with Crippen molar-refractivity contribution in [2.45, 2.75) is 49.2 Å². The molecule has 3 rings (SSSR count). The van der Waals surface area contributed by atoms with Crippen LogP contribution in [0.3, 0.4) is 0 Å². The third-order valence-corrected chi connectivity index (χ3v) is 6.94. The molecule has 10 heteroatoms. The number of carbonyl (C=O) groups excluding carboxylic acids is 1. The van der Waals surface area contributed by atoms with Gasteiger partial charge in [-0.25, -0.2) is 18.5 Å². The van der Waals surface area contributed by atoms with Crippen LogP contribution in [0, 0.1) is 6.92 Å². The number of aromatic nitrogens is 2.